The number of aromatic nitrogens is 2. The predicted molar refractivity (Wildman–Crippen MR) is 71.6 cm³/mol. The van der Waals surface area contributed by atoms with Crippen LogP contribution in [0.4, 0.5) is 0 Å². The third-order valence-corrected chi connectivity index (χ3v) is 3.00. The van der Waals surface area contributed by atoms with Crippen LogP contribution >= 0.6 is 0 Å². The van der Waals surface area contributed by atoms with Crippen molar-refractivity contribution < 1.29 is 14.6 Å². The highest BCUT2D eigenvalue weighted by molar-refractivity contribution is 5.87. The minimum atomic E-state index is -0.996. The molecular weight excluding hydrogens is 244 g/mol. The van der Waals surface area contributed by atoms with Crippen molar-refractivity contribution in [2.75, 3.05) is 7.11 Å². The van der Waals surface area contributed by atoms with Crippen LogP contribution in [0.3, 0.4) is 0 Å². The number of nitrogens with zero attached hydrogens (tertiary/aromatic N) is 2. The molecule has 0 aliphatic carbocycles. The molecular formula is C14H16N2O3. The smallest absolute Gasteiger partial charge is 0.354 e. The molecule has 19 heavy (non-hydrogen) atoms. The Morgan fingerprint density at radius 3 is 2.53 bits per heavy atom. The van der Waals surface area contributed by atoms with Crippen molar-refractivity contribution in [3.05, 3.63) is 35.0 Å². The van der Waals surface area contributed by atoms with Crippen molar-refractivity contribution in [2.45, 2.75) is 13.8 Å². The molecule has 0 aliphatic rings. The molecule has 0 spiro atoms. The monoisotopic (exact) mass is 260 g/mol. The molecule has 0 unspecified atom stereocenters. The van der Waals surface area contributed by atoms with Gasteiger partial charge in [-0.25, -0.2) is 4.79 Å². The molecule has 100 valence electrons. The van der Waals surface area contributed by atoms with E-state index in [1.54, 1.807) is 20.2 Å². The number of rotatable bonds is 3. The number of benzene rings is 1. The maximum atomic E-state index is 11.1. The summed E-state index contributed by atoms with van der Waals surface area (Å²) in [6.07, 6.45) is 0. The van der Waals surface area contributed by atoms with E-state index < -0.39 is 5.97 Å². The molecule has 0 saturated heterocycles. The van der Waals surface area contributed by atoms with E-state index in [0.717, 1.165) is 22.4 Å². The van der Waals surface area contributed by atoms with Crippen LogP contribution in [-0.2, 0) is 7.05 Å². The summed E-state index contributed by atoms with van der Waals surface area (Å²) >= 11 is 0. The normalized spacial score (nSPS) is 10.5. The van der Waals surface area contributed by atoms with Crippen molar-refractivity contribution in [2.24, 2.45) is 7.05 Å². The molecule has 0 radical (unpaired) electrons. The van der Waals surface area contributed by atoms with Crippen LogP contribution in [0.15, 0.2) is 18.2 Å². The van der Waals surface area contributed by atoms with E-state index in [0.29, 0.717) is 5.69 Å². The minimum Gasteiger partial charge on any atom is -0.496 e. The number of hydrogen-bond donors (Lipinski definition) is 1. The van der Waals surface area contributed by atoms with Crippen LogP contribution in [0.5, 0.6) is 5.75 Å². The van der Waals surface area contributed by atoms with Crippen molar-refractivity contribution in [1.82, 2.24) is 9.78 Å². The van der Waals surface area contributed by atoms with E-state index in [2.05, 4.69) is 5.10 Å². The topological polar surface area (TPSA) is 64.3 Å². The average molecular weight is 260 g/mol. The fourth-order valence-electron chi connectivity index (χ4n) is 2.21. The second-order valence-corrected chi connectivity index (χ2v) is 4.51. The zero-order chi connectivity index (χ0) is 14.2. The lowest BCUT2D eigenvalue weighted by molar-refractivity contribution is 0.0685. The molecule has 0 atom stereocenters. The van der Waals surface area contributed by atoms with Gasteiger partial charge in [0.2, 0.25) is 0 Å². The van der Waals surface area contributed by atoms with Gasteiger partial charge in [0.1, 0.15) is 11.4 Å². The van der Waals surface area contributed by atoms with Gasteiger partial charge in [-0.1, -0.05) is 6.07 Å². The molecule has 0 aliphatic heterocycles. The third kappa shape index (κ3) is 2.31. The largest absolute Gasteiger partial charge is 0.496 e. The highest BCUT2D eigenvalue weighted by atomic mass is 16.5. The molecule has 0 amide bonds. The first-order chi connectivity index (χ1) is 8.93. The van der Waals surface area contributed by atoms with Crippen molar-refractivity contribution >= 4 is 5.97 Å². The Labute approximate surface area is 111 Å². The number of ether oxygens (including phenoxy) is 1. The zero-order valence-corrected chi connectivity index (χ0v) is 11.4. The molecule has 1 N–H and O–H groups in total. The lowest BCUT2D eigenvalue weighted by Gasteiger charge is -2.10. The van der Waals surface area contributed by atoms with E-state index in [4.69, 9.17) is 9.84 Å². The van der Waals surface area contributed by atoms with E-state index in [1.807, 2.05) is 26.0 Å². The molecule has 2 aromatic rings. The van der Waals surface area contributed by atoms with E-state index in [-0.39, 0.29) is 5.69 Å². The number of carbonyl (C=O) groups is 1. The van der Waals surface area contributed by atoms with Gasteiger partial charge in [-0.2, -0.15) is 5.10 Å². The Balaban J connectivity index is 2.64. The first-order valence-corrected chi connectivity index (χ1v) is 5.87. The summed E-state index contributed by atoms with van der Waals surface area (Å²) < 4.78 is 6.75. The third-order valence-electron chi connectivity index (χ3n) is 3.00. The number of hydrogen-bond acceptors (Lipinski definition) is 3. The minimum absolute atomic E-state index is 0.149. The Morgan fingerprint density at radius 1 is 1.32 bits per heavy atom. The average Bonchev–Trinajstić information content (AvgIpc) is 2.70. The number of aromatic carboxylic acids is 1. The van der Waals surface area contributed by atoms with Gasteiger partial charge >= 0.3 is 5.97 Å². The number of methoxy groups -OCH3 is 1. The van der Waals surface area contributed by atoms with Crippen molar-refractivity contribution in [3.8, 4) is 17.0 Å². The van der Waals surface area contributed by atoms with Gasteiger partial charge in [0.05, 0.1) is 12.8 Å². The molecule has 1 aromatic carbocycles. The summed E-state index contributed by atoms with van der Waals surface area (Å²) in [4.78, 5) is 11.1. The van der Waals surface area contributed by atoms with Crippen LogP contribution in [0.1, 0.15) is 21.6 Å². The standard InChI is InChI=1S/C14H16N2O3/c1-8-5-9(2)13(19-4)10(6-8)11-7-12(14(17)18)16(3)15-11/h5-7H,1-4H3,(H,17,18). The summed E-state index contributed by atoms with van der Waals surface area (Å²) in [6.45, 7) is 3.94. The van der Waals surface area contributed by atoms with Gasteiger partial charge in [0.15, 0.2) is 0 Å². The summed E-state index contributed by atoms with van der Waals surface area (Å²) in [5, 5.41) is 13.3. The fraction of sp³-hybridized carbons (Fsp3) is 0.286. The van der Waals surface area contributed by atoms with Gasteiger partial charge in [0.25, 0.3) is 0 Å². The highest BCUT2D eigenvalue weighted by Gasteiger charge is 2.17. The molecule has 5 nitrogen and oxygen atoms in total. The second-order valence-electron chi connectivity index (χ2n) is 4.51. The highest BCUT2D eigenvalue weighted by Crippen LogP contribution is 2.33. The second kappa shape index (κ2) is 4.76. The maximum absolute atomic E-state index is 11.1. The fourth-order valence-corrected chi connectivity index (χ4v) is 2.21. The van der Waals surface area contributed by atoms with Crippen LogP contribution in [0, 0.1) is 13.8 Å². The molecule has 0 saturated carbocycles. The zero-order valence-electron chi connectivity index (χ0n) is 11.4. The first-order valence-electron chi connectivity index (χ1n) is 5.87. The first kappa shape index (κ1) is 13.1. The van der Waals surface area contributed by atoms with Crippen LogP contribution < -0.4 is 4.74 Å². The van der Waals surface area contributed by atoms with E-state index in [9.17, 15) is 4.79 Å². The van der Waals surface area contributed by atoms with E-state index in [1.165, 1.54) is 4.68 Å². The van der Waals surface area contributed by atoms with Crippen LogP contribution in [-0.4, -0.2) is 28.0 Å². The Bertz CT molecular complexity index is 644. The van der Waals surface area contributed by atoms with Crippen LogP contribution in [0.2, 0.25) is 0 Å². The van der Waals surface area contributed by atoms with Gasteiger partial charge in [-0.15, -0.1) is 0 Å². The Morgan fingerprint density at radius 2 is 2.00 bits per heavy atom. The number of carboxylic acids is 1. The van der Waals surface area contributed by atoms with Gasteiger partial charge < -0.3 is 9.84 Å². The molecule has 5 heteroatoms. The summed E-state index contributed by atoms with van der Waals surface area (Å²) in [7, 11) is 3.21. The molecule has 0 fully saturated rings. The summed E-state index contributed by atoms with van der Waals surface area (Å²) in [5.41, 5.74) is 3.64. The van der Waals surface area contributed by atoms with Crippen molar-refractivity contribution in [3.63, 3.8) is 0 Å². The SMILES string of the molecule is COc1c(C)cc(C)cc1-c1cc(C(=O)O)n(C)n1. The maximum Gasteiger partial charge on any atom is 0.354 e. The Kier molecular flexibility index (Phi) is 3.29. The lowest BCUT2D eigenvalue weighted by atomic mass is 10.0. The quantitative estimate of drug-likeness (QED) is 0.920. The molecule has 1 heterocycles. The van der Waals surface area contributed by atoms with E-state index >= 15 is 0 Å². The lowest BCUT2D eigenvalue weighted by Crippen LogP contribution is -2.04. The number of aryl methyl sites for hydroxylation is 3. The van der Waals surface area contributed by atoms with Gasteiger partial charge in [-0.05, 0) is 37.1 Å². The predicted octanol–water partition coefficient (Wildman–Crippen LogP) is 2.41. The van der Waals surface area contributed by atoms with Crippen molar-refractivity contribution in [1.29, 1.82) is 0 Å². The summed E-state index contributed by atoms with van der Waals surface area (Å²) in [6, 6.07) is 5.52. The number of carboxylic acid groups (broad SMARTS) is 1. The molecule has 2 rings (SSSR count). The van der Waals surface area contributed by atoms with Gasteiger partial charge in [0, 0.05) is 12.6 Å². The molecule has 0 bridgehead atoms. The van der Waals surface area contributed by atoms with Crippen LogP contribution in [0.25, 0.3) is 11.3 Å². The Hall–Kier alpha value is -2.30. The molecule has 1 aromatic heterocycles. The summed E-state index contributed by atoms with van der Waals surface area (Å²) in [5.74, 6) is -0.273. The van der Waals surface area contributed by atoms with Gasteiger partial charge in [-0.3, -0.25) is 4.68 Å².